The highest BCUT2D eigenvalue weighted by Crippen LogP contribution is 2.26. The van der Waals surface area contributed by atoms with Crippen LogP contribution in [0.25, 0.3) is 0 Å². The Kier molecular flexibility index (Phi) is 3.64. The standard InChI is InChI=1S/C13H11BrO3/c1-2-16-11-6-4-3-5-9(11)12(15)10-7-8-17-13(10)14/h3-8H,2H2,1H3. The van der Waals surface area contributed by atoms with E-state index in [1.807, 2.05) is 19.1 Å². The highest BCUT2D eigenvalue weighted by Gasteiger charge is 2.18. The second kappa shape index (κ2) is 5.19. The highest BCUT2D eigenvalue weighted by molar-refractivity contribution is 9.10. The Morgan fingerprint density at radius 3 is 2.71 bits per heavy atom. The van der Waals surface area contributed by atoms with Gasteiger partial charge in [-0.2, -0.15) is 0 Å². The summed E-state index contributed by atoms with van der Waals surface area (Å²) in [6, 6.07) is 8.81. The van der Waals surface area contributed by atoms with Gasteiger partial charge in [0.1, 0.15) is 5.75 Å². The van der Waals surface area contributed by atoms with Crippen LogP contribution in [0, 0.1) is 0 Å². The number of carbonyl (C=O) groups is 1. The van der Waals surface area contributed by atoms with E-state index in [9.17, 15) is 4.79 Å². The van der Waals surface area contributed by atoms with Crippen molar-refractivity contribution in [2.24, 2.45) is 0 Å². The fraction of sp³-hybridized carbons (Fsp3) is 0.154. The molecule has 4 heteroatoms. The van der Waals surface area contributed by atoms with E-state index in [-0.39, 0.29) is 5.78 Å². The number of carbonyl (C=O) groups excluding carboxylic acids is 1. The van der Waals surface area contributed by atoms with Crippen molar-refractivity contribution in [3.05, 3.63) is 52.4 Å². The largest absolute Gasteiger partial charge is 0.493 e. The molecule has 0 unspecified atom stereocenters. The van der Waals surface area contributed by atoms with E-state index in [0.29, 0.717) is 28.2 Å². The maximum Gasteiger partial charge on any atom is 0.201 e. The van der Waals surface area contributed by atoms with Crippen molar-refractivity contribution >= 4 is 21.7 Å². The zero-order valence-corrected chi connectivity index (χ0v) is 10.9. The average Bonchev–Trinajstić information content (AvgIpc) is 2.76. The second-order valence-electron chi connectivity index (χ2n) is 3.37. The average molecular weight is 295 g/mol. The summed E-state index contributed by atoms with van der Waals surface area (Å²) in [6.07, 6.45) is 1.47. The molecule has 0 N–H and O–H groups in total. The SMILES string of the molecule is CCOc1ccccc1C(=O)c1ccoc1Br. The van der Waals surface area contributed by atoms with Gasteiger partial charge in [-0.15, -0.1) is 0 Å². The van der Waals surface area contributed by atoms with Crippen LogP contribution in [-0.2, 0) is 0 Å². The molecule has 0 aliphatic carbocycles. The van der Waals surface area contributed by atoms with Crippen LogP contribution in [-0.4, -0.2) is 12.4 Å². The smallest absolute Gasteiger partial charge is 0.201 e. The van der Waals surface area contributed by atoms with Gasteiger partial charge in [0.2, 0.25) is 5.78 Å². The predicted octanol–water partition coefficient (Wildman–Crippen LogP) is 3.67. The Balaban J connectivity index is 2.40. The van der Waals surface area contributed by atoms with Crippen molar-refractivity contribution in [3.8, 4) is 5.75 Å². The molecule has 3 nitrogen and oxygen atoms in total. The molecule has 2 rings (SSSR count). The van der Waals surface area contributed by atoms with Crippen LogP contribution >= 0.6 is 15.9 Å². The maximum absolute atomic E-state index is 12.3. The zero-order valence-electron chi connectivity index (χ0n) is 9.27. The molecule has 1 aromatic carbocycles. The molecule has 17 heavy (non-hydrogen) atoms. The Morgan fingerprint density at radius 1 is 1.29 bits per heavy atom. The van der Waals surface area contributed by atoms with E-state index < -0.39 is 0 Å². The predicted molar refractivity (Wildman–Crippen MR) is 67.5 cm³/mol. The van der Waals surface area contributed by atoms with Gasteiger partial charge in [-0.25, -0.2) is 0 Å². The first kappa shape index (κ1) is 11.9. The molecule has 0 aliphatic heterocycles. The molecule has 2 aromatic rings. The Morgan fingerprint density at radius 2 is 2.06 bits per heavy atom. The molecule has 1 heterocycles. The van der Waals surface area contributed by atoms with Crippen LogP contribution in [0.3, 0.4) is 0 Å². The quantitative estimate of drug-likeness (QED) is 0.808. The summed E-state index contributed by atoms with van der Waals surface area (Å²) in [6.45, 7) is 2.41. The molecule has 0 spiro atoms. The van der Waals surface area contributed by atoms with Crippen LogP contribution in [0.4, 0.5) is 0 Å². The number of ketones is 1. The molecular weight excluding hydrogens is 284 g/mol. The maximum atomic E-state index is 12.3. The Hall–Kier alpha value is -1.55. The van der Waals surface area contributed by atoms with Crippen LogP contribution in [0.2, 0.25) is 0 Å². The number of hydrogen-bond acceptors (Lipinski definition) is 3. The Bertz CT molecular complexity index is 531. The number of para-hydroxylation sites is 1. The van der Waals surface area contributed by atoms with E-state index in [1.165, 1.54) is 6.26 Å². The monoisotopic (exact) mass is 294 g/mol. The molecule has 0 saturated heterocycles. The molecular formula is C13H11BrO3. The first-order valence-electron chi connectivity index (χ1n) is 5.23. The fourth-order valence-corrected chi connectivity index (χ4v) is 1.96. The highest BCUT2D eigenvalue weighted by atomic mass is 79.9. The van der Waals surface area contributed by atoms with Gasteiger partial charge in [-0.05, 0) is 41.1 Å². The summed E-state index contributed by atoms with van der Waals surface area (Å²) in [4.78, 5) is 12.3. The number of hydrogen-bond donors (Lipinski definition) is 0. The van der Waals surface area contributed by atoms with Crippen LogP contribution in [0.15, 0.2) is 45.7 Å². The van der Waals surface area contributed by atoms with Gasteiger partial charge in [-0.1, -0.05) is 12.1 Å². The topological polar surface area (TPSA) is 39.4 Å². The van der Waals surface area contributed by atoms with E-state index in [4.69, 9.17) is 9.15 Å². The second-order valence-corrected chi connectivity index (χ2v) is 4.09. The normalized spacial score (nSPS) is 10.2. The molecule has 0 radical (unpaired) electrons. The van der Waals surface area contributed by atoms with Crippen molar-refractivity contribution in [1.82, 2.24) is 0 Å². The summed E-state index contributed by atoms with van der Waals surface area (Å²) in [5.41, 5.74) is 1.04. The van der Waals surface area contributed by atoms with Gasteiger partial charge in [0.05, 0.1) is 24.0 Å². The third kappa shape index (κ3) is 2.42. The van der Waals surface area contributed by atoms with Gasteiger partial charge in [0.25, 0.3) is 0 Å². The van der Waals surface area contributed by atoms with E-state index in [2.05, 4.69) is 15.9 Å². The number of ether oxygens (including phenoxy) is 1. The van der Waals surface area contributed by atoms with Crippen LogP contribution in [0.5, 0.6) is 5.75 Å². The lowest BCUT2D eigenvalue weighted by Crippen LogP contribution is -2.04. The van der Waals surface area contributed by atoms with Crippen LogP contribution < -0.4 is 4.74 Å². The number of benzene rings is 1. The van der Waals surface area contributed by atoms with Gasteiger partial charge in [0.15, 0.2) is 4.67 Å². The van der Waals surface area contributed by atoms with Crippen molar-refractivity contribution in [2.75, 3.05) is 6.61 Å². The van der Waals surface area contributed by atoms with Gasteiger partial charge >= 0.3 is 0 Å². The number of halogens is 1. The minimum atomic E-state index is -0.116. The van der Waals surface area contributed by atoms with E-state index in [1.54, 1.807) is 18.2 Å². The summed E-state index contributed by atoms with van der Waals surface area (Å²) >= 11 is 3.20. The molecule has 0 bridgehead atoms. The summed E-state index contributed by atoms with van der Waals surface area (Å²) in [5, 5.41) is 0. The summed E-state index contributed by atoms with van der Waals surface area (Å²) < 4.78 is 10.9. The summed E-state index contributed by atoms with van der Waals surface area (Å²) in [5.74, 6) is 0.475. The van der Waals surface area contributed by atoms with Gasteiger partial charge < -0.3 is 9.15 Å². The lowest BCUT2D eigenvalue weighted by Gasteiger charge is -2.08. The molecule has 88 valence electrons. The van der Waals surface area contributed by atoms with Crippen LogP contribution in [0.1, 0.15) is 22.8 Å². The molecule has 1 aromatic heterocycles. The lowest BCUT2D eigenvalue weighted by atomic mass is 10.1. The number of furan rings is 1. The molecule has 0 fully saturated rings. The Labute approximate surface area is 108 Å². The molecule has 0 saturated carbocycles. The third-order valence-electron chi connectivity index (χ3n) is 2.29. The number of rotatable bonds is 4. The first-order chi connectivity index (χ1) is 8.24. The fourth-order valence-electron chi connectivity index (χ4n) is 1.54. The van der Waals surface area contributed by atoms with Gasteiger partial charge in [-0.3, -0.25) is 4.79 Å². The first-order valence-corrected chi connectivity index (χ1v) is 6.03. The summed E-state index contributed by atoms with van der Waals surface area (Å²) in [7, 11) is 0. The zero-order chi connectivity index (χ0) is 12.3. The van der Waals surface area contributed by atoms with E-state index >= 15 is 0 Å². The van der Waals surface area contributed by atoms with Crippen molar-refractivity contribution < 1.29 is 13.9 Å². The lowest BCUT2D eigenvalue weighted by molar-refractivity contribution is 0.103. The van der Waals surface area contributed by atoms with Crippen molar-refractivity contribution in [1.29, 1.82) is 0 Å². The van der Waals surface area contributed by atoms with Crippen molar-refractivity contribution in [2.45, 2.75) is 6.92 Å². The third-order valence-corrected chi connectivity index (χ3v) is 2.91. The minimum absolute atomic E-state index is 0.116. The van der Waals surface area contributed by atoms with E-state index in [0.717, 1.165) is 0 Å². The molecule has 0 amide bonds. The van der Waals surface area contributed by atoms with Gasteiger partial charge in [0, 0.05) is 0 Å². The molecule has 0 atom stereocenters. The van der Waals surface area contributed by atoms with Crippen molar-refractivity contribution in [3.63, 3.8) is 0 Å². The minimum Gasteiger partial charge on any atom is -0.493 e. The molecule has 0 aliphatic rings.